The predicted octanol–water partition coefficient (Wildman–Crippen LogP) is 3.96. The maximum absolute atomic E-state index is 12.5. The summed E-state index contributed by atoms with van der Waals surface area (Å²) < 4.78 is 29.5. The molecule has 0 saturated carbocycles. The molecule has 1 unspecified atom stereocenters. The van der Waals surface area contributed by atoms with Crippen molar-refractivity contribution < 1.29 is 18.3 Å². The minimum Gasteiger partial charge on any atom is -0.434 e. The smallest absolute Gasteiger partial charge is 0.387 e. The Labute approximate surface area is 139 Å². The molecule has 6 heteroatoms. The zero-order chi connectivity index (χ0) is 17.4. The summed E-state index contributed by atoms with van der Waals surface area (Å²) >= 11 is 0. The summed E-state index contributed by atoms with van der Waals surface area (Å²) in [5.41, 5.74) is 1.17. The first-order valence-electron chi connectivity index (χ1n) is 7.53. The summed E-state index contributed by atoms with van der Waals surface area (Å²) in [4.78, 5) is 16.2. The number of nitrogens with zero attached hydrogens (tertiary/aromatic N) is 1. The molecule has 1 aromatic carbocycles. The van der Waals surface area contributed by atoms with Crippen LogP contribution in [0.3, 0.4) is 0 Å². The summed E-state index contributed by atoms with van der Waals surface area (Å²) in [6, 6.07) is 11.4. The summed E-state index contributed by atoms with van der Waals surface area (Å²) in [5.74, 6) is -0.271. The Morgan fingerprint density at radius 3 is 2.67 bits per heavy atom. The molecule has 0 radical (unpaired) electrons. The second-order valence-corrected chi connectivity index (χ2v) is 4.97. The van der Waals surface area contributed by atoms with Crippen LogP contribution in [0.25, 0.3) is 6.08 Å². The van der Waals surface area contributed by atoms with Crippen molar-refractivity contribution in [2.45, 2.75) is 26.0 Å². The molecule has 126 valence electrons. The number of pyridine rings is 1. The van der Waals surface area contributed by atoms with E-state index < -0.39 is 12.7 Å². The van der Waals surface area contributed by atoms with Gasteiger partial charge >= 0.3 is 6.61 Å². The van der Waals surface area contributed by atoms with Crippen molar-refractivity contribution >= 4 is 12.0 Å². The molecule has 0 fully saturated rings. The molecule has 0 aliphatic carbocycles. The van der Waals surface area contributed by atoms with Gasteiger partial charge in [0, 0.05) is 17.8 Å². The third-order valence-electron chi connectivity index (χ3n) is 3.33. The van der Waals surface area contributed by atoms with Crippen LogP contribution >= 0.6 is 0 Å². The number of hydrogen-bond donors (Lipinski definition) is 1. The third kappa shape index (κ3) is 5.15. The second kappa shape index (κ2) is 8.76. The minimum atomic E-state index is -2.91. The molecule has 24 heavy (non-hydrogen) atoms. The van der Waals surface area contributed by atoms with E-state index in [2.05, 4.69) is 15.0 Å². The molecule has 0 saturated heterocycles. The molecule has 1 aromatic heterocycles. The van der Waals surface area contributed by atoms with Crippen LogP contribution in [0.1, 0.15) is 30.6 Å². The Morgan fingerprint density at radius 1 is 1.25 bits per heavy atom. The van der Waals surface area contributed by atoms with Crippen molar-refractivity contribution in [2.24, 2.45) is 0 Å². The number of rotatable bonds is 7. The fourth-order valence-corrected chi connectivity index (χ4v) is 2.23. The molecule has 0 aliphatic heterocycles. The minimum absolute atomic E-state index is 0.0633. The number of carbonyl (C=O) groups is 1. The Balaban J connectivity index is 2.09. The maximum atomic E-state index is 12.5. The van der Waals surface area contributed by atoms with Gasteiger partial charge < -0.3 is 10.1 Å². The van der Waals surface area contributed by atoms with E-state index in [4.69, 9.17) is 0 Å². The molecule has 0 spiro atoms. The predicted molar refractivity (Wildman–Crippen MR) is 87.5 cm³/mol. The molecule has 0 bridgehead atoms. The summed E-state index contributed by atoms with van der Waals surface area (Å²) in [6.45, 7) is -1.06. The molecule has 2 rings (SSSR count). The monoisotopic (exact) mass is 332 g/mol. The largest absolute Gasteiger partial charge is 0.434 e. The van der Waals surface area contributed by atoms with Crippen LogP contribution in [-0.2, 0) is 4.79 Å². The second-order valence-electron chi connectivity index (χ2n) is 4.97. The number of benzene rings is 1. The van der Waals surface area contributed by atoms with Crippen molar-refractivity contribution in [1.29, 1.82) is 0 Å². The van der Waals surface area contributed by atoms with Gasteiger partial charge in [-0.3, -0.25) is 9.78 Å². The highest BCUT2D eigenvalue weighted by Gasteiger charge is 2.17. The van der Waals surface area contributed by atoms with Gasteiger partial charge in [0.15, 0.2) is 0 Å². The SMILES string of the molecule is CCC(NC(=O)/C=C/c1ccccn1)c1ccccc1OC(F)F. The summed E-state index contributed by atoms with van der Waals surface area (Å²) in [5, 5.41) is 2.79. The van der Waals surface area contributed by atoms with E-state index in [9.17, 15) is 13.6 Å². The van der Waals surface area contributed by atoms with Gasteiger partial charge in [0.05, 0.1) is 11.7 Å². The topological polar surface area (TPSA) is 51.2 Å². The van der Waals surface area contributed by atoms with E-state index in [1.807, 2.05) is 13.0 Å². The lowest BCUT2D eigenvalue weighted by Gasteiger charge is -2.19. The quantitative estimate of drug-likeness (QED) is 0.781. The molecule has 1 N–H and O–H groups in total. The van der Waals surface area contributed by atoms with E-state index >= 15 is 0 Å². The number of hydrogen-bond acceptors (Lipinski definition) is 3. The number of para-hydroxylation sites is 1. The number of nitrogens with one attached hydrogen (secondary N) is 1. The lowest BCUT2D eigenvalue weighted by Crippen LogP contribution is -2.27. The normalized spacial score (nSPS) is 12.3. The molecule has 1 amide bonds. The summed E-state index contributed by atoms with van der Waals surface area (Å²) in [7, 11) is 0. The van der Waals surface area contributed by atoms with Crippen LogP contribution < -0.4 is 10.1 Å². The van der Waals surface area contributed by atoms with Crippen LogP contribution in [0.15, 0.2) is 54.7 Å². The third-order valence-corrected chi connectivity index (χ3v) is 3.33. The lowest BCUT2D eigenvalue weighted by atomic mass is 10.0. The molecule has 4 nitrogen and oxygen atoms in total. The number of ether oxygens (including phenoxy) is 1. The van der Waals surface area contributed by atoms with E-state index in [1.54, 1.807) is 42.6 Å². The maximum Gasteiger partial charge on any atom is 0.387 e. The fraction of sp³-hybridized carbons (Fsp3) is 0.222. The first-order chi connectivity index (χ1) is 11.6. The number of aromatic nitrogens is 1. The average Bonchev–Trinajstić information content (AvgIpc) is 2.59. The lowest BCUT2D eigenvalue weighted by molar-refractivity contribution is -0.117. The molecule has 1 heterocycles. The van der Waals surface area contributed by atoms with Gasteiger partial charge in [-0.1, -0.05) is 31.2 Å². The van der Waals surface area contributed by atoms with Gasteiger partial charge in [-0.15, -0.1) is 0 Å². The number of carbonyl (C=O) groups excluding carboxylic acids is 1. The van der Waals surface area contributed by atoms with Gasteiger partial charge in [0.1, 0.15) is 5.75 Å². The zero-order valence-electron chi connectivity index (χ0n) is 13.2. The van der Waals surface area contributed by atoms with Crippen LogP contribution in [-0.4, -0.2) is 17.5 Å². The van der Waals surface area contributed by atoms with Crippen LogP contribution in [0.5, 0.6) is 5.75 Å². The van der Waals surface area contributed by atoms with Crippen molar-refractivity contribution in [3.05, 3.63) is 66.0 Å². The molecule has 2 aromatic rings. The van der Waals surface area contributed by atoms with Crippen molar-refractivity contribution in [2.75, 3.05) is 0 Å². The fourth-order valence-electron chi connectivity index (χ4n) is 2.23. The van der Waals surface area contributed by atoms with E-state index in [-0.39, 0.29) is 11.7 Å². The van der Waals surface area contributed by atoms with Gasteiger partial charge in [0.2, 0.25) is 5.91 Å². The van der Waals surface area contributed by atoms with Gasteiger partial charge in [-0.25, -0.2) is 0 Å². The Bertz CT molecular complexity index is 690. The highest BCUT2D eigenvalue weighted by atomic mass is 19.3. The van der Waals surface area contributed by atoms with E-state index in [0.29, 0.717) is 17.7 Å². The molecule has 0 aliphatic rings. The van der Waals surface area contributed by atoms with Gasteiger partial charge in [-0.2, -0.15) is 8.78 Å². The van der Waals surface area contributed by atoms with Crippen molar-refractivity contribution in [1.82, 2.24) is 10.3 Å². The van der Waals surface area contributed by atoms with Crippen LogP contribution in [0.4, 0.5) is 8.78 Å². The highest BCUT2D eigenvalue weighted by Crippen LogP contribution is 2.28. The molecular formula is C18H18F2N2O2. The average molecular weight is 332 g/mol. The van der Waals surface area contributed by atoms with Crippen LogP contribution in [0.2, 0.25) is 0 Å². The number of amides is 1. The number of alkyl halides is 2. The molecule has 1 atom stereocenters. The van der Waals surface area contributed by atoms with E-state index in [0.717, 1.165) is 0 Å². The van der Waals surface area contributed by atoms with Crippen molar-refractivity contribution in [3.63, 3.8) is 0 Å². The van der Waals surface area contributed by atoms with Crippen molar-refractivity contribution in [3.8, 4) is 5.75 Å². The van der Waals surface area contributed by atoms with E-state index in [1.165, 1.54) is 12.1 Å². The zero-order valence-corrected chi connectivity index (χ0v) is 13.2. The number of halogens is 2. The molecular weight excluding hydrogens is 314 g/mol. The summed E-state index contributed by atoms with van der Waals surface area (Å²) in [6.07, 6.45) is 5.11. The highest BCUT2D eigenvalue weighted by molar-refractivity contribution is 5.91. The first-order valence-corrected chi connectivity index (χ1v) is 7.53. The Morgan fingerprint density at radius 2 is 2.00 bits per heavy atom. The van der Waals surface area contributed by atoms with Gasteiger partial charge in [0.25, 0.3) is 0 Å². The first kappa shape index (κ1) is 17.6. The Hall–Kier alpha value is -2.76. The van der Waals surface area contributed by atoms with Crippen LogP contribution in [0, 0.1) is 0 Å². The Kier molecular flexibility index (Phi) is 6.42. The van der Waals surface area contributed by atoms with Gasteiger partial charge in [-0.05, 0) is 30.7 Å². The standard InChI is InChI=1S/C18H18F2N2O2/c1-2-15(14-8-3-4-9-16(14)24-18(19)20)22-17(23)11-10-13-7-5-6-12-21-13/h3-12,15,18H,2H2,1H3,(H,22,23)/b11-10+.